The van der Waals surface area contributed by atoms with Crippen molar-refractivity contribution in [3.8, 4) is 5.75 Å². The Kier molecular flexibility index (Phi) is 6.23. The zero-order chi connectivity index (χ0) is 16.7. The van der Waals surface area contributed by atoms with Crippen LogP contribution in [0.5, 0.6) is 5.75 Å². The molecule has 0 spiro atoms. The van der Waals surface area contributed by atoms with Gasteiger partial charge in [-0.25, -0.2) is 0 Å². The first-order valence-corrected chi connectivity index (χ1v) is 7.83. The summed E-state index contributed by atoms with van der Waals surface area (Å²) >= 11 is 0. The summed E-state index contributed by atoms with van der Waals surface area (Å²) < 4.78 is 10.9. The topological polar surface area (TPSA) is 63.5 Å². The molecule has 0 aliphatic heterocycles. The molecular formula is C18H24N2O3. The number of rotatable bonds is 8. The third-order valence-electron chi connectivity index (χ3n) is 3.34. The molecule has 1 amide bonds. The van der Waals surface area contributed by atoms with Crippen LogP contribution in [0, 0.1) is 0 Å². The smallest absolute Gasteiger partial charge is 0.234 e. The molecule has 1 heterocycles. The summed E-state index contributed by atoms with van der Waals surface area (Å²) in [6.07, 6.45) is 1.73. The Morgan fingerprint density at radius 2 is 2.04 bits per heavy atom. The van der Waals surface area contributed by atoms with Crippen LogP contribution >= 0.6 is 0 Å². The van der Waals surface area contributed by atoms with Gasteiger partial charge in [-0.15, -0.1) is 0 Å². The summed E-state index contributed by atoms with van der Waals surface area (Å²) in [6, 6.07) is 11.6. The van der Waals surface area contributed by atoms with E-state index in [9.17, 15) is 4.79 Å². The summed E-state index contributed by atoms with van der Waals surface area (Å²) in [5.74, 6) is 1.51. The van der Waals surface area contributed by atoms with Crippen LogP contribution in [0.2, 0.25) is 0 Å². The molecule has 124 valence electrons. The van der Waals surface area contributed by atoms with Gasteiger partial charge in [0.25, 0.3) is 0 Å². The molecule has 23 heavy (non-hydrogen) atoms. The number of benzene rings is 1. The van der Waals surface area contributed by atoms with E-state index in [1.807, 2.05) is 51.1 Å². The van der Waals surface area contributed by atoms with Crippen LogP contribution < -0.4 is 15.4 Å². The highest BCUT2D eigenvalue weighted by molar-refractivity contribution is 5.77. The van der Waals surface area contributed by atoms with Crippen LogP contribution in [0.3, 0.4) is 0 Å². The minimum atomic E-state index is -0.0668. The number of ether oxygens (including phenoxy) is 1. The average Bonchev–Trinajstić information content (AvgIpc) is 3.03. The minimum Gasteiger partial charge on any atom is -0.491 e. The Labute approximate surface area is 137 Å². The zero-order valence-electron chi connectivity index (χ0n) is 13.8. The van der Waals surface area contributed by atoms with Crippen molar-refractivity contribution < 1.29 is 13.9 Å². The second-order valence-corrected chi connectivity index (χ2v) is 5.70. The van der Waals surface area contributed by atoms with Crippen molar-refractivity contribution in [1.29, 1.82) is 0 Å². The standard InChI is InChI=1S/C18H24N2O3/c1-13(2)23-16-7-4-6-15(10-16)14(3)19-12-18(21)20-11-17-8-5-9-22-17/h4-10,13-14,19H,11-12H2,1-3H3,(H,20,21). The van der Waals surface area contributed by atoms with Crippen LogP contribution in [0.15, 0.2) is 47.1 Å². The van der Waals surface area contributed by atoms with E-state index in [1.54, 1.807) is 12.3 Å². The Balaban J connectivity index is 1.79. The molecule has 5 heteroatoms. The summed E-state index contributed by atoms with van der Waals surface area (Å²) in [7, 11) is 0. The first-order valence-electron chi connectivity index (χ1n) is 7.83. The highest BCUT2D eigenvalue weighted by Crippen LogP contribution is 2.19. The molecule has 0 saturated heterocycles. The Bertz CT molecular complexity index is 608. The molecule has 5 nitrogen and oxygen atoms in total. The summed E-state index contributed by atoms with van der Waals surface area (Å²) in [5.41, 5.74) is 1.09. The number of carbonyl (C=O) groups is 1. The van der Waals surface area contributed by atoms with Gasteiger partial charge >= 0.3 is 0 Å². The highest BCUT2D eigenvalue weighted by Gasteiger charge is 2.09. The molecule has 0 radical (unpaired) electrons. The molecule has 0 bridgehead atoms. The Morgan fingerprint density at radius 1 is 1.22 bits per heavy atom. The van der Waals surface area contributed by atoms with E-state index < -0.39 is 0 Å². The lowest BCUT2D eigenvalue weighted by molar-refractivity contribution is -0.120. The fourth-order valence-electron chi connectivity index (χ4n) is 2.15. The molecule has 0 aliphatic carbocycles. The van der Waals surface area contributed by atoms with E-state index in [0.29, 0.717) is 6.54 Å². The molecule has 1 aromatic heterocycles. The normalized spacial score (nSPS) is 12.2. The van der Waals surface area contributed by atoms with Crippen molar-refractivity contribution >= 4 is 5.91 Å². The van der Waals surface area contributed by atoms with Gasteiger partial charge in [0, 0.05) is 6.04 Å². The van der Waals surface area contributed by atoms with Gasteiger partial charge in [0.15, 0.2) is 0 Å². The quantitative estimate of drug-likeness (QED) is 0.786. The highest BCUT2D eigenvalue weighted by atomic mass is 16.5. The fourth-order valence-corrected chi connectivity index (χ4v) is 2.15. The van der Waals surface area contributed by atoms with Crippen molar-refractivity contribution in [2.24, 2.45) is 0 Å². The zero-order valence-corrected chi connectivity index (χ0v) is 13.8. The van der Waals surface area contributed by atoms with Gasteiger partial charge in [0.1, 0.15) is 11.5 Å². The number of furan rings is 1. The van der Waals surface area contributed by atoms with Crippen molar-refractivity contribution in [1.82, 2.24) is 10.6 Å². The average molecular weight is 316 g/mol. The maximum Gasteiger partial charge on any atom is 0.234 e. The first kappa shape index (κ1) is 17.1. The molecule has 1 aromatic carbocycles. The van der Waals surface area contributed by atoms with Gasteiger partial charge in [0.05, 0.1) is 25.5 Å². The summed E-state index contributed by atoms with van der Waals surface area (Å²) in [4.78, 5) is 11.8. The van der Waals surface area contributed by atoms with Crippen LogP contribution in [0.1, 0.15) is 38.1 Å². The molecule has 1 atom stereocenters. The fraction of sp³-hybridized carbons (Fsp3) is 0.389. The largest absolute Gasteiger partial charge is 0.491 e. The predicted molar refractivity (Wildman–Crippen MR) is 89.2 cm³/mol. The van der Waals surface area contributed by atoms with Gasteiger partial charge in [-0.3, -0.25) is 4.79 Å². The number of hydrogen-bond acceptors (Lipinski definition) is 4. The molecule has 2 rings (SSSR count). The SMILES string of the molecule is CC(C)Oc1cccc(C(C)NCC(=O)NCc2ccco2)c1. The monoisotopic (exact) mass is 316 g/mol. The molecular weight excluding hydrogens is 292 g/mol. The van der Waals surface area contributed by atoms with Gasteiger partial charge in [-0.2, -0.15) is 0 Å². The third-order valence-corrected chi connectivity index (χ3v) is 3.34. The second kappa shape index (κ2) is 8.39. The second-order valence-electron chi connectivity index (χ2n) is 5.70. The number of nitrogens with one attached hydrogen (secondary N) is 2. The van der Waals surface area contributed by atoms with Crippen molar-refractivity contribution in [2.45, 2.75) is 39.5 Å². The van der Waals surface area contributed by atoms with E-state index in [2.05, 4.69) is 10.6 Å². The van der Waals surface area contributed by atoms with E-state index in [1.165, 1.54) is 0 Å². The number of carbonyl (C=O) groups excluding carboxylic acids is 1. The molecule has 1 unspecified atom stereocenters. The summed E-state index contributed by atoms with van der Waals surface area (Å²) in [6.45, 7) is 6.67. The predicted octanol–water partition coefficient (Wildman–Crippen LogP) is 3.03. The lowest BCUT2D eigenvalue weighted by atomic mass is 10.1. The first-order chi connectivity index (χ1) is 11.0. The van der Waals surface area contributed by atoms with E-state index >= 15 is 0 Å². The van der Waals surface area contributed by atoms with E-state index in [0.717, 1.165) is 17.1 Å². The van der Waals surface area contributed by atoms with Crippen LogP contribution in [-0.2, 0) is 11.3 Å². The van der Waals surface area contributed by atoms with E-state index in [-0.39, 0.29) is 24.6 Å². The number of hydrogen-bond donors (Lipinski definition) is 2. The Morgan fingerprint density at radius 3 is 2.74 bits per heavy atom. The Hall–Kier alpha value is -2.27. The van der Waals surface area contributed by atoms with Crippen LogP contribution in [0.25, 0.3) is 0 Å². The van der Waals surface area contributed by atoms with Gasteiger partial charge in [0.2, 0.25) is 5.91 Å². The van der Waals surface area contributed by atoms with Gasteiger partial charge < -0.3 is 19.8 Å². The third kappa shape index (κ3) is 5.79. The number of amides is 1. The van der Waals surface area contributed by atoms with Crippen molar-refractivity contribution in [3.63, 3.8) is 0 Å². The van der Waals surface area contributed by atoms with Crippen molar-refractivity contribution in [3.05, 3.63) is 54.0 Å². The maximum absolute atomic E-state index is 11.8. The van der Waals surface area contributed by atoms with Gasteiger partial charge in [-0.05, 0) is 50.6 Å². The molecule has 0 fully saturated rings. The molecule has 0 aliphatic rings. The maximum atomic E-state index is 11.8. The van der Waals surface area contributed by atoms with Crippen molar-refractivity contribution in [2.75, 3.05) is 6.54 Å². The lowest BCUT2D eigenvalue weighted by Gasteiger charge is -2.16. The molecule has 0 saturated carbocycles. The minimum absolute atomic E-state index is 0.0556. The van der Waals surface area contributed by atoms with E-state index in [4.69, 9.17) is 9.15 Å². The van der Waals surface area contributed by atoms with Crippen LogP contribution in [0.4, 0.5) is 0 Å². The lowest BCUT2D eigenvalue weighted by Crippen LogP contribution is -2.34. The van der Waals surface area contributed by atoms with Gasteiger partial charge in [-0.1, -0.05) is 12.1 Å². The van der Waals surface area contributed by atoms with Crippen LogP contribution in [-0.4, -0.2) is 18.6 Å². The summed E-state index contributed by atoms with van der Waals surface area (Å²) in [5, 5.41) is 6.02. The molecule has 2 aromatic rings. The molecule has 2 N–H and O–H groups in total.